The number of nitrogens with one attached hydrogen (secondary N) is 1. The molecule has 120 valence electrons. The minimum absolute atomic E-state index is 0.130. The van der Waals surface area contributed by atoms with Crippen LogP contribution in [-0.4, -0.2) is 32.3 Å². The van der Waals surface area contributed by atoms with Crippen LogP contribution >= 0.6 is 0 Å². The summed E-state index contributed by atoms with van der Waals surface area (Å²) in [5.41, 5.74) is 4.91. The summed E-state index contributed by atoms with van der Waals surface area (Å²) in [6.07, 6.45) is 2.37. The van der Waals surface area contributed by atoms with Crippen LogP contribution in [-0.2, 0) is 9.47 Å². The molecule has 0 atom stereocenters. The number of benzene rings is 2. The average molecular weight is 312 g/mol. The molecule has 5 nitrogen and oxygen atoms in total. The molecule has 23 heavy (non-hydrogen) atoms. The predicted octanol–water partition coefficient (Wildman–Crippen LogP) is 3.27. The molecule has 3 rings (SSSR count). The Morgan fingerprint density at radius 3 is 2.74 bits per heavy atom. The fraction of sp³-hybridized carbons (Fsp3) is 0.278. The lowest BCUT2D eigenvalue weighted by Gasteiger charge is -2.10. The van der Waals surface area contributed by atoms with Crippen molar-refractivity contribution in [1.82, 2.24) is 0 Å². The summed E-state index contributed by atoms with van der Waals surface area (Å²) in [6.45, 7) is 1.91. The molecule has 0 aliphatic carbocycles. The molecule has 0 bridgehead atoms. The van der Waals surface area contributed by atoms with Crippen LogP contribution in [0.15, 0.2) is 59.7 Å². The zero-order valence-electron chi connectivity index (χ0n) is 12.9. The van der Waals surface area contributed by atoms with Crippen molar-refractivity contribution in [2.75, 3.05) is 25.2 Å². The highest BCUT2D eigenvalue weighted by Gasteiger charge is 2.15. The Balaban J connectivity index is 1.48. The van der Waals surface area contributed by atoms with Gasteiger partial charge in [-0.25, -0.2) is 0 Å². The summed E-state index contributed by atoms with van der Waals surface area (Å²) in [4.78, 5) is 0. The van der Waals surface area contributed by atoms with E-state index in [1.807, 2.05) is 54.6 Å². The largest absolute Gasteiger partial charge is 0.493 e. The van der Waals surface area contributed by atoms with Gasteiger partial charge in [-0.05, 0) is 29.8 Å². The van der Waals surface area contributed by atoms with E-state index in [0.29, 0.717) is 19.8 Å². The van der Waals surface area contributed by atoms with Gasteiger partial charge >= 0.3 is 0 Å². The van der Waals surface area contributed by atoms with Crippen LogP contribution in [0, 0.1) is 0 Å². The van der Waals surface area contributed by atoms with Gasteiger partial charge < -0.3 is 14.2 Å². The molecular weight excluding hydrogens is 292 g/mol. The molecule has 1 aliphatic heterocycles. The molecule has 1 N–H and O–H groups in total. The summed E-state index contributed by atoms with van der Waals surface area (Å²) in [7, 11) is 0. The zero-order valence-corrected chi connectivity index (χ0v) is 12.9. The van der Waals surface area contributed by atoms with Crippen LogP contribution in [0.2, 0.25) is 0 Å². The lowest BCUT2D eigenvalue weighted by atomic mass is 10.2. The Morgan fingerprint density at radius 1 is 1.09 bits per heavy atom. The van der Waals surface area contributed by atoms with Gasteiger partial charge in [0.25, 0.3) is 0 Å². The van der Waals surface area contributed by atoms with Crippen molar-refractivity contribution in [3.05, 3.63) is 60.2 Å². The third-order valence-corrected chi connectivity index (χ3v) is 3.35. The Bertz CT molecular complexity index is 625. The van der Waals surface area contributed by atoms with E-state index in [0.717, 1.165) is 23.4 Å². The number of hydrazone groups is 1. The zero-order chi connectivity index (χ0) is 15.7. The van der Waals surface area contributed by atoms with Gasteiger partial charge in [-0.15, -0.1) is 0 Å². The monoisotopic (exact) mass is 312 g/mol. The molecular formula is C18H20N2O3. The van der Waals surface area contributed by atoms with E-state index in [1.54, 1.807) is 6.21 Å². The van der Waals surface area contributed by atoms with E-state index in [2.05, 4.69) is 10.5 Å². The van der Waals surface area contributed by atoms with Crippen LogP contribution < -0.4 is 10.2 Å². The Hall–Kier alpha value is -2.37. The third-order valence-electron chi connectivity index (χ3n) is 3.35. The number of nitrogens with zero attached hydrogens (tertiary/aromatic N) is 1. The SMILES string of the molecule is C(=NNc1ccccc1)c1cccc(OCCC2OCCO2)c1. The summed E-state index contributed by atoms with van der Waals surface area (Å²) in [5.74, 6) is 0.812. The normalized spacial score (nSPS) is 15.1. The van der Waals surface area contributed by atoms with Crippen molar-refractivity contribution >= 4 is 11.9 Å². The van der Waals surface area contributed by atoms with Crippen molar-refractivity contribution in [2.24, 2.45) is 5.10 Å². The minimum atomic E-state index is -0.130. The highest BCUT2D eigenvalue weighted by molar-refractivity contribution is 5.80. The highest BCUT2D eigenvalue weighted by Crippen LogP contribution is 2.14. The Labute approximate surface area is 135 Å². The first-order valence-corrected chi connectivity index (χ1v) is 7.70. The highest BCUT2D eigenvalue weighted by atomic mass is 16.7. The first-order valence-electron chi connectivity index (χ1n) is 7.70. The second-order valence-electron chi connectivity index (χ2n) is 5.12. The number of ether oxygens (including phenoxy) is 3. The van der Waals surface area contributed by atoms with E-state index < -0.39 is 0 Å². The molecule has 1 aliphatic rings. The molecule has 0 radical (unpaired) electrons. The van der Waals surface area contributed by atoms with Crippen LogP contribution in [0.1, 0.15) is 12.0 Å². The third kappa shape index (κ3) is 5.09. The molecule has 0 spiro atoms. The standard InChI is InChI=1S/C18H20N2O3/c1-2-6-16(7-3-1)20-19-14-15-5-4-8-17(13-15)21-10-9-18-22-11-12-23-18/h1-8,13-14,18,20H,9-12H2. The lowest BCUT2D eigenvalue weighted by Crippen LogP contribution is -2.12. The molecule has 0 unspecified atom stereocenters. The van der Waals surface area contributed by atoms with E-state index in [9.17, 15) is 0 Å². The van der Waals surface area contributed by atoms with E-state index in [4.69, 9.17) is 14.2 Å². The number of rotatable bonds is 7. The van der Waals surface area contributed by atoms with Crippen LogP contribution in [0.5, 0.6) is 5.75 Å². The van der Waals surface area contributed by atoms with E-state index in [1.165, 1.54) is 0 Å². The number of hydrogen-bond donors (Lipinski definition) is 1. The maximum Gasteiger partial charge on any atom is 0.161 e. The number of hydrogen-bond acceptors (Lipinski definition) is 5. The van der Waals surface area contributed by atoms with Crippen molar-refractivity contribution in [3.8, 4) is 5.75 Å². The van der Waals surface area contributed by atoms with Gasteiger partial charge in [0.2, 0.25) is 0 Å². The molecule has 1 saturated heterocycles. The fourth-order valence-corrected chi connectivity index (χ4v) is 2.23. The quantitative estimate of drug-likeness (QED) is 0.630. The summed E-state index contributed by atoms with van der Waals surface area (Å²) in [6, 6.07) is 17.6. The van der Waals surface area contributed by atoms with E-state index >= 15 is 0 Å². The minimum Gasteiger partial charge on any atom is -0.493 e. The average Bonchev–Trinajstić information content (AvgIpc) is 3.10. The predicted molar refractivity (Wildman–Crippen MR) is 89.9 cm³/mol. The number of anilines is 1. The van der Waals surface area contributed by atoms with Crippen molar-refractivity contribution < 1.29 is 14.2 Å². The van der Waals surface area contributed by atoms with Gasteiger partial charge in [-0.1, -0.05) is 30.3 Å². The smallest absolute Gasteiger partial charge is 0.161 e. The van der Waals surface area contributed by atoms with Gasteiger partial charge in [-0.2, -0.15) is 5.10 Å². The first kappa shape index (κ1) is 15.5. The van der Waals surface area contributed by atoms with Crippen LogP contribution in [0.3, 0.4) is 0 Å². The van der Waals surface area contributed by atoms with Gasteiger partial charge in [0.15, 0.2) is 6.29 Å². The van der Waals surface area contributed by atoms with Crippen LogP contribution in [0.25, 0.3) is 0 Å². The van der Waals surface area contributed by atoms with Crippen molar-refractivity contribution in [2.45, 2.75) is 12.7 Å². The van der Waals surface area contributed by atoms with Crippen molar-refractivity contribution in [1.29, 1.82) is 0 Å². The second kappa shape index (κ2) is 8.31. The van der Waals surface area contributed by atoms with Crippen LogP contribution in [0.4, 0.5) is 5.69 Å². The maximum atomic E-state index is 5.73. The van der Waals surface area contributed by atoms with Gasteiger partial charge in [0, 0.05) is 6.42 Å². The van der Waals surface area contributed by atoms with E-state index in [-0.39, 0.29) is 6.29 Å². The number of para-hydroxylation sites is 1. The summed E-state index contributed by atoms with van der Waals surface area (Å²) >= 11 is 0. The molecule has 1 fully saturated rings. The molecule has 5 heteroatoms. The molecule has 1 heterocycles. The Kier molecular flexibility index (Phi) is 5.61. The molecule has 0 aromatic heterocycles. The molecule has 2 aromatic rings. The van der Waals surface area contributed by atoms with Gasteiger partial charge in [-0.3, -0.25) is 5.43 Å². The maximum absolute atomic E-state index is 5.73. The van der Waals surface area contributed by atoms with Gasteiger partial charge in [0.05, 0.1) is 31.7 Å². The van der Waals surface area contributed by atoms with Crippen molar-refractivity contribution in [3.63, 3.8) is 0 Å². The topological polar surface area (TPSA) is 52.1 Å². The summed E-state index contributed by atoms with van der Waals surface area (Å²) in [5, 5.41) is 4.23. The molecule has 0 saturated carbocycles. The second-order valence-corrected chi connectivity index (χ2v) is 5.12. The van der Waals surface area contributed by atoms with Gasteiger partial charge in [0.1, 0.15) is 5.75 Å². The fourth-order valence-electron chi connectivity index (χ4n) is 2.23. The lowest BCUT2D eigenvalue weighted by molar-refractivity contribution is -0.0531. The molecule has 2 aromatic carbocycles. The first-order chi connectivity index (χ1) is 11.4. The summed E-state index contributed by atoms with van der Waals surface area (Å²) < 4.78 is 16.5. The molecule has 0 amide bonds. The Morgan fingerprint density at radius 2 is 1.91 bits per heavy atom.